The van der Waals surface area contributed by atoms with Crippen LogP contribution < -0.4 is 0 Å². The number of carboxylic acid groups (broad SMARTS) is 2. The Morgan fingerprint density at radius 1 is 1.23 bits per heavy atom. The number of hydrogen-bond donors (Lipinski definition) is 2. The third-order valence-corrected chi connectivity index (χ3v) is 2.45. The first-order chi connectivity index (χ1) is 6.09. The number of carboxylic acids is 2. The Kier molecular flexibility index (Phi) is 3.02. The van der Waals surface area contributed by atoms with Gasteiger partial charge in [0.05, 0.1) is 12.8 Å². The molecule has 0 aliphatic rings. The Morgan fingerprint density at radius 3 is 2.38 bits per heavy atom. The van der Waals surface area contributed by atoms with Crippen LogP contribution in [0.1, 0.15) is 10.4 Å². The molecule has 1 rings (SSSR count). The van der Waals surface area contributed by atoms with E-state index in [2.05, 4.69) is 0 Å². The Labute approximate surface area is 78.4 Å². The van der Waals surface area contributed by atoms with E-state index >= 15 is 0 Å². The highest BCUT2D eigenvalue weighted by Crippen LogP contribution is 2.17. The van der Waals surface area contributed by atoms with Gasteiger partial charge in [-0.05, 0) is 17.0 Å². The van der Waals surface area contributed by atoms with E-state index < -0.39 is 11.9 Å². The largest absolute Gasteiger partial charge is 0.481 e. The third kappa shape index (κ3) is 2.87. The first-order valence-electron chi connectivity index (χ1n) is 3.58. The average Bonchev–Trinajstić information content (AvgIpc) is 2.34. The monoisotopic (exact) mass is 200 g/mol. The maximum atomic E-state index is 10.4. The molecule has 1 aromatic rings. The van der Waals surface area contributed by atoms with Gasteiger partial charge in [0.15, 0.2) is 0 Å². The van der Waals surface area contributed by atoms with E-state index in [-0.39, 0.29) is 12.8 Å². The lowest BCUT2D eigenvalue weighted by Crippen LogP contribution is -2.04. The summed E-state index contributed by atoms with van der Waals surface area (Å²) in [5.74, 6) is -1.88. The summed E-state index contributed by atoms with van der Waals surface area (Å²) in [6.07, 6.45) is -0.202. The van der Waals surface area contributed by atoms with E-state index in [0.29, 0.717) is 10.4 Å². The van der Waals surface area contributed by atoms with Gasteiger partial charge in [0, 0.05) is 4.88 Å². The fraction of sp³-hybridized carbons (Fsp3) is 0.250. The second-order valence-electron chi connectivity index (χ2n) is 2.51. The molecule has 0 radical (unpaired) electrons. The van der Waals surface area contributed by atoms with E-state index in [1.54, 1.807) is 11.4 Å². The summed E-state index contributed by atoms with van der Waals surface area (Å²) < 4.78 is 0. The molecule has 4 nitrogen and oxygen atoms in total. The van der Waals surface area contributed by atoms with Gasteiger partial charge >= 0.3 is 11.9 Å². The summed E-state index contributed by atoms with van der Waals surface area (Å²) in [6, 6.07) is 1.65. The fourth-order valence-corrected chi connectivity index (χ4v) is 1.87. The van der Waals surface area contributed by atoms with Gasteiger partial charge in [0.2, 0.25) is 0 Å². The molecule has 0 aliphatic heterocycles. The van der Waals surface area contributed by atoms with Crippen LogP contribution >= 0.6 is 11.3 Å². The predicted molar refractivity (Wildman–Crippen MR) is 47.0 cm³/mol. The van der Waals surface area contributed by atoms with Crippen LogP contribution in [0, 0.1) is 0 Å². The molecule has 0 spiro atoms. The highest BCUT2D eigenvalue weighted by atomic mass is 32.1. The lowest BCUT2D eigenvalue weighted by Gasteiger charge is -1.96. The number of aliphatic carboxylic acids is 2. The van der Waals surface area contributed by atoms with Crippen molar-refractivity contribution >= 4 is 23.3 Å². The molecule has 0 saturated carbocycles. The van der Waals surface area contributed by atoms with Gasteiger partial charge in [-0.3, -0.25) is 9.59 Å². The lowest BCUT2D eigenvalue weighted by molar-refractivity contribution is -0.137. The molecule has 0 aliphatic carbocycles. The first kappa shape index (κ1) is 9.73. The lowest BCUT2D eigenvalue weighted by atomic mass is 10.1. The Balaban J connectivity index is 2.76. The molecule has 1 heterocycles. The van der Waals surface area contributed by atoms with E-state index in [4.69, 9.17) is 10.2 Å². The van der Waals surface area contributed by atoms with E-state index in [0.717, 1.165) is 0 Å². The standard InChI is InChI=1S/C8H8O4S/c9-7(10)3-5-1-2-13-6(5)4-8(11)12/h1-2H,3-4H2,(H,9,10)(H,11,12). The molecule has 0 atom stereocenters. The minimum atomic E-state index is -0.940. The Morgan fingerprint density at radius 2 is 1.85 bits per heavy atom. The summed E-state index contributed by atoms with van der Waals surface area (Å²) in [6.45, 7) is 0. The van der Waals surface area contributed by atoms with Gasteiger partial charge < -0.3 is 10.2 Å². The van der Waals surface area contributed by atoms with Gasteiger partial charge in [-0.25, -0.2) is 0 Å². The molecule has 0 amide bonds. The first-order valence-corrected chi connectivity index (χ1v) is 4.46. The van der Waals surface area contributed by atoms with Crippen LogP contribution in [0.2, 0.25) is 0 Å². The molecular weight excluding hydrogens is 192 g/mol. The van der Waals surface area contributed by atoms with Crippen LogP contribution in [0.25, 0.3) is 0 Å². The van der Waals surface area contributed by atoms with Crippen LogP contribution in [0.5, 0.6) is 0 Å². The van der Waals surface area contributed by atoms with E-state index in [1.165, 1.54) is 11.3 Å². The fourth-order valence-electron chi connectivity index (χ4n) is 0.980. The normalized spacial score (nSPS) is 9.85. The summed E-state index contributed by atoms with van der Waals surface area (Å²) in [5, 5.41) is 18.7. The molecular formula is C8H8O4S. The van der Waals surface area contributed by atoms with Crippen molar-refractivity contribution in [2.75, 3.05) is 0 Å². The van der Waals surface area contributed by atoms with Gasteiger partial charge in [-0.15, -0.1) is 11.3 Å². The van der Waals surface area contributed by atoms with Gasteiger partial charge in [0.25, 0.3) is 0 Å². The number of rotatable bonds is 4. The Bertz CT molecular complexity index is 298. The van der Waals surface area contributed by atoms with Crippen molar-refractivity contribution in [3.05, 3.63) is 21.9 Å². The quantitative estimate of drug-likeness (QED) is 0.760. The molecule has 2 N–H and O–H groups in total. The third-order valence-electron chi connectivity index (χ3n) is 1.49. The van der Waals surface area contributed by atoms with Crippen molar-refractivity contribution in [1.29, 1.82) is 0 Å². The van der Waals surface area contributed by atoms with Gasteiger partial charge in [0.1, 0.15) is 0 Å². The zero-order valence-corrected chi connectivity index (χ0v) is 7.50. The maximum absolute atomic E-state index is 10.4. The van der Waals surface area contributed by atoms with Crippen LogP contribution in [0.15, 0.2) is 11.4 Å². The molecule has 0 bridgehead atoms. The van der Waals surface area contributed by atoms with E-state index in [9.17, 15) is 9.59 Å². The predicted octanol–water partition coefficient (Wildman–Crippen LogP) is 1.00. The van der Waals surface area contributed by atoms with Crippen molar-refractivity contribution < 1.29 is 19.8 Å². The second kappa shape index (κ2) is 4.04. The van der Waals surface area contributed by atoms with Crippen molar-refractivity contribution in [3.63, 3.8) is 0 Å². The molecule has 70 valence electrons. The van der Waals surface area contributed by atoms with Crippen molar-refractivity contribution in [2.45, 2.75) is 12.8 Å². The smallest absolute Gasteiger partial charge is 0.308 e. The summed E-state index contributed by atoms with van der Waals surface area (Å²) in [7, 11) is 0. The molecule has 0 unspecified atom stereocenters. The maximum Gasteiger partial charge on any atom is 0.308 e. The van der Waals surface area contributed by atoms with Gasteiger partial charge in [-0.1, -0.05) is 0 Å². The van der Waals surface area contributed by atoms with Crippen molar-refractivity contribution in [2.24, 2.45) is 0 Å². The SMILES string of the molecule is O=C(O)Cc1ccsc1CC(=O)O. The highest BCUT2D eigenvalue weighted by molar-refractivity contribution is 7.10. The Hall–Kier alpha value is -1.36. The second-order valence-corrected chi connectivity index (χ2v) is 3.51. The van der Waals surface area contributed by atoms with Crippen LogP contribution in [0.4, 0.5) is 0 Å². The van der Waals surface area contributed by atoms with Crippen LogP contribution in [-0.2, 0) is 22.4 Å². The molecule has 0 fully saturated rings. The number of thiophene rings is 1. The zero-order chi connectivity index (χ0) is 9.84. The van der Waals surface area contributed by atoms with Crippen molar-refractivity contribution in [3.8, 4) is 0 Å². The summed E-state index contributed by atoms with van der Waals surface area (Å²) in [4.78, 5) is 21.3. The van der Waals surface area contributed by atoms with Gasteiger partial charge in [-0.2, -0.15) is 0 Å². The topological polar surface area (TPSA) is 74.6 Å². The zero-order valence-electron chi connectivity index (χ0n) is 6.69. The molecule has 1 aromatic heterocycles. The van der Waals surface area contributed by atoms with Crippen LogP contribution in [0.3, 0.4) is 0 Å². The number of carbonyl (C=O) groups is 2. The molecule has 13 heavy (non-hydrogen) atoms. The van der Waals surface area contributed by atoms with E-state index in [1.807, 2.05) is 0 Å². The van der Waals surface area contributed by atoms with Crippen molar-refractivity contribution in [1.82, 2.24) is 0 Å². The minimum Gasteiger partial charge on any atom is -0.481 e. The average molecular weight is 200 g/mol. The molecule has 5 heteroatoms. The molecule has 0 aromatic carbocycles. The minimum absolute atomic E-state index is 0.0969. The number of hydrogen-bond acceptors (Lipinski definition) is 3. The summed E-state index contributed by atoms with van der Waals surface area (Å²) in [5.41, 5.74) is 0.597. The highest BCUT2D eigenvalue weighted by Gasteiger charge is 2.10. The van der Waals surface area contributed by atoms with Crippen LogP contribution in [-0.4, -0.2) is 22.2 Å². The summed E-state index contributed by atoms with van der Waals surface area (Å²) >= 11 is 1.28. The molecule has 0 saturated heterocycles.